The Bertz CT molecular complexity index is 629. The number of thiocarbonyl (C=S) groups is 1. The molecule has 0 aromatic heterocycles. The van der Waals surface area contributed by atoms with Crippen LogP contribution >= 0.6 is 28.1 Å². The summed E-state index contributed by atoms with van der Waals surface area (Å²) in [7, 11) is 0. The summed E-state index contributed by atoms with van der Waals surface area (Å²) in [5.74, 6) is 0. The maximum absolute atomic E-state index is 5.65. The summed E-state index contributed by atoms with van der Waals surface area (Å²) >= 11 is 8.61. The van der Waals surface area contributed by atoms with E-state index >= 15 is 0 Å². The van der Waals surface area contributed by atoms with E-state index in [0.29, 0.717) is 4.99 Å². The smallest absolute Gasteiger partial charge is 0.104 e. The normalized spacial score (nSPS) is 13.4. The molecule has 0 aliphatic carbocycles. The lowest BCUT2D eigenvalue weighted by Crippen LogP contribution is -2.16. The average molecular weight is 333 g/mol. The van der Waals surface area contributed by atoms with Crippen molar-refractivity contribution in [1.29, 1.82) is 0 Å². The molecule has 19 heavy (non-hydrogen) atoms. The molecule has 2 aromatic rings. The predicted octanol–water partition coefficient (Wildman–Crippen LogP) is 3.60. The van der Waals surface area contributed by atoms with E-state index in [4.69, 9.17) is 18.0 Å². The lowest BCUT2D eigenvalue weighted by molar-refractivity contribution is 0.877. The van der Waals surface area contributed by atoms with Crippen LogP contribution in [-0.4, -0.2) is 4.99 Å². The molecule has 2 aromatic carbocycles. The average Bonchev–Trinajstić information content (AvgIpc) is 2.81. The van der Waals surface area contributed by atoms with Crippen LogP contribution in [0.5, 0.6) is 0 Å². The summed E-state index contributed by atoms with van der Waals surface area (Å²) in [5.41, 5.74) is 10.5. The number of rotatable bonds is 2. The fourth-order valence-electron chi connectivity index (χ4n) is 2.42. The first-order chi connectivity index (χ1) is 9.15. The van der Waals surface area contributed by atoms with Gasteiger partial charge in [-0.3, -0.25) is 0 Å². The van der Waals surface area contributed by atoms with Crippen molar-refractivity contribution in [3.8, 4) is 0 Å². The largest absolute Gasteiger partial charge is 0.389 e. The van der Waals surface area contributed by atoms with E-state index in [9.17, 15) is 0 Å². The highest BCUT2D eigenvalue weighted by Gasteiger charge is 2.20. The Kier molecular flexibility index (Phi) is 3.29. The maximum Gasteiger partial charge on any atom is 0.104 e. The quantitative estimate of drug-likeness (QED) is 0.852. The number of fused-ring (bicyclic) bond motifs is 1. The van der Waals surface area contributed by atoms with Gasteiger partial charge in [-0.2, -0.15) is 0 Å². The van der Waals surface area contributed by atoms with Gasteiger partial charge in [-0.25, -0.2) is 0 Å². The Balaban J connectivity index is 1.91. The van der Waals surface area contributed by atoms with Crippen molar-refractivity contribution in [2.75, 3.05) is 4.90 Å². The molecule has 1 heterocycles. The van der Waals surface area contributed by atoms with Gasteiger partial charge in [-0.15, -0.1) is 0 Å². The third-order valence-corrected chi connectivity index (χ3v) is 4.28. The van der Waals surface area contributed by atoms with E-state index in [1.54, 1.807) is 0 Å². The molecule has 4 heteroatoms. The first-order valence-corrected chi connectivity index (χ1v) is 7.26. The minimum Gasteiger partial charge on any atom is -0.389 e. The number of hydrogen-bond acceptors (Lipinski definition) is 2. The predicted molar refractivity (Wildman–Crippen MR) is 86.4 cm³/mol. The van der Waals surface area contributed by atoms with E-state index in [-0.39, 0.29) is 0 Å². The van der Waals surface area contributed by atoms with Crippen molar-refractivity contribution in [1.82, 2.24) is 0 Å². The lowest BCUT2D eigenvalue weighted by Gasteiger charge is -2.20. The van der Waals surface area contributed by atoms with Gasteiger partial charge >= 0.3 is 0 Å². The maximum atomic E-state index is 5.65. The van der Waals surface area contributed by atoms with Gasteiger partial charge in [0.1, 0.15) is 4.99 Å². The van der Waals surface area contributed by atoms with Gasteiger partial charge in [0.25, 0.3) is 0 Å². The van der Waals surface area contributed by atoms with Crippen molar-refractivity contribution in [2.45, 2.75) is 13.1 Å². The fourth-order valence-corrected chi connectivity index (χ4v) is 3.18. The number of hydrogen-bond donors (Lipinski definition) is 1. The highest BCUT2D eigenvalue weighted by Crippen LogP contribution is 2.33. The van der Waals surface area contributed by atoms with Crippen LogP contribution in [0.1, 0.15) is 16.7 Å². The van der Waals surface area contributed by atoms with Crippen LogP contribution in [-0.2, 0) is 13.1 Å². The van der Waals surface area contributed by atoms with Crippen molar-refractivity contribution >= 4 is 38.8 Å². The second kappa shape index (κ2) is 4.94. The van der Waals surface area contributed by atoms with E-state index in [2.05, 4.69) is 51.2 Å². The standard InChI is InChI=1S/C15H13BrN2S/c16-13-7-10(15(17)19)5-6-14(13)18-8-11-3-1-2-4-12(11)9-18/h1-7H,8-9H2,(H2,17,19). The molecule has 0 spiro atoms. The molecule has 0 fully saturated rings. The Morgan fingerprint density at radius 3 is 2.26 bits per heavy atom. The van der Waals surface area contributed by atoms with Gasteiger partial charge in [0, 0.05) is 23.1 Å². The van der Waals surface area contributed by atoms with Crippen LogP contribution in [0, 0.1) is 0 Å². The molecule has 2 N–H and O–H groups in total. The van der Waals surface area contributed by atoms with Gasteiger partial charge in [-0.1, -0.05) is 36.5 Å². The molecule has 96 valence electrons. The van der Waals surface area contributed by atoms with Gasteiger partial charge in [-0.05, 0) is 45.3 Å². The molecule has 0 radical (unpaired) electrons. The fraction of sp³-hybridized carbons (Fsp3) is 0.133. The number of halogens is 1. The minimum atomic E-state index is 0.428. The number of nitrogens with two attached hydrogens (primary N) is 1. The molecule has 1 aliphatic rings. The highest BCUT2D eigenvalue weighted by atomic mass is 79.9. The van der Waals surface area contributed by atoms with E-state index in [0.717, 1.165) is 23.1 Å². The van der Waals surface area contributed by atoms with Crippen molar-refractivity contribution in [3.63, 3.8) is 0 Å². The monoisotopic (exact) mass is 332 g/mol. The molecule has 0 bridgehead atoms. The van der Waals surface area contributed by atoms with E-state index in [1.165, 1.54) is 16.8 Å². The zero-order valence-electron chi connectivity index (χ0n) is 10.3. The van der Waals surface area contributed by atoms with Crippen molar-refractivity contribution in [2.24, 2.45) is 5.73 Å². The van der Waals surface area contributed by atoms with Crippen LogP contribution in [0.3, 0.4) is 0 Å². The molecular weight excluding hydrogens is 320 g/mol. The number of nitrogens with zero attached hydrogens (tertiary/aromatic N) is 1. The molecule has 1 aliphatic heterocycles. The Morgan fingerprint density at radius 1 is 1.11 bits per heavy atom. The van der Waals surface area contributed by atoms with Crippen LogP contribution < -0.4 is 10.6 Å². The third-order valence-electron chi connectivity index (χ3n) is 3.41. The molecule has 0 saturated carbocycles. The molecule has 0 saturated heterocycles. The zero-order valence-corrected chi connectivity index (χ0v) is 12.7. The van der Waals surface area contributed by atoms with Gasteiger partial charge in [0.2, 0.25) is 0 Å². The van der Waals surface area contributed by atoms with Gasteiger partial charge in [0.05, 0.1) is 5.69 Å². The summed E-state index contributed by atoms with van der Waals surface area (Å²) < 4.78 is 1.03. The summed E-state index contributed by atoms with van der Waals surface area (Å²) in [6.45, 7) is 1.89. The molecule has 0 unspecified atom stereocenters. The third kappa shape index (κ3) is 2.38. The second-order valence-corrected chi connectivity index (χ2v) is 5.95. The SMILES string of the molecule is NC(=S)c1ccc(N2Cc3ccccc3C2)c(Br)c1. The van der Waals surface area contributed by atoms with Crippen LogP contribution in [0.2, 0.25) is 0 Å². The molecule has 2 nitrogen and oxygen atoms in total. The zero-order chi connectivity index (χ0) is 13.4. The topological polar surface area (TPSA) is 29.3 Å². The van der Waals surface area contributed by atoms with Crippen LogP contribution in [0.25, 0.3) is 0 Å². The summed E-state index contributed by atoms with van der Waals surface area (Å²) in [6, 6.07) is 14.6. The molecule has 0 atom stereocenters. The Labute approximate surface area is 126 Å². The summed E-state index contributed by atoms with van der Waals surface area (Å²) in [6.07, 6.45) is 0. The highest BCUT2D eigenvalue weighted by molar-refractivity contribution is 9.10. The minimum absolute atomic E-state index is 0.428. The molecule has 3 rings (SSSR count). The van der Waals surface area contributed by atoms with Crippen molar-refractivity contribution < 1.29 is 0 Å². The number of anilines is 1. The Morgan fingerprint density at radius 2 is 1.74 bits per heavy atom. The number of benzene rings is 2. The Hall–Kier alpha value is -1.39. The van der Waals surface area contributed by atoms with E-state index in [1.807, 2.05) is 12.1 Å². The van der Waals surface area contributed by atoms with Crippen LogP contribution in [0.4, 0.5) is 5.69 Å². The summed E-state index contributed by atoms with van der Waals surface area (Å²) in [4.78, 5) is 2.77. The summed E-state index contributed by atoms with van der Waals surface area (Å²) in [5, 5.41) is 0. The van der Waals surface area contributed by atoms with Gasteiger partial charge in [0.15, 0.2) is 0 Å². The molecular formula is C15H13BrN2S. The van der Waals surface area contributed by atoms with Gasteiger partial charge < -0.3 is 10.6 Å². The lowest BCUT2D eigenvalue weighted by atomic mass is 10.1. The van der Waals surface area contributed by atoms with Crippen LogP contribution in [0.15, 0.2) is 46.9 Å². The first kappa shape index (κ1) is 12.6. The van der Waals surface area contributed by atoms with E-state index < -0.39 is 0 Å². The molecule has 0 amide bonds. The second-order valence-electron chi connectivity index (χ2n) is 4.66. The van der Waals surface area contributed by atoms with Crippen molar-refractivity contribution in [3.05, 3.63) is 63.6 Å². The first-order valence-electron chi connectivity index (χ1n) is 6.06.